The Hall–Kier alpha value is -3.55. The highest BCUT2D eigenvalue weighted by Gasteiger charge is 2.39. The van der Waals surface area contributed by atoms with Crippen molar-refractivity contribution in [2.45, 2.75) is 51.5 Å². The minimum absolute atomic E-state index is 0.000153. The molecule has 3 amide bonds. The molecule has 0 aromatic heterocycles. The number of carbonyl (C=O) groups excluding carboxylic acids is 3. The first-order valence-electron chi connectivity index (χ1n) is 12.4. The number of ether oxygens (including phenoxy) is 2. The predicted molar refractivity (Wildman–Crippen MR) is 137 cm³/mol. The van der Waals surface area contributed by atoms with Crippen molar-refractivity contribution in [2.24, 2.45) is 0 Å². The Labute approximate surface area is 212 Å². The second-order valence-corrected chi connectivity index (χ2v) is 9.90. The number of amides is 3. The number of methoxy groups -OCH3 is 2. The molecule has 8 nitrogen and oxygen atoms in total. The van der Waals surface area contributed by atoms with E-state index in [0.717, 1.165) is 22.4 Å². The van der Waals surface area contributed by atoms with E-state index in [1.807, 2.05) is 44.2 Å². The summed E-state index contributed by atoms with van der Waals surface area (Å²) >= 11 is 0. The predicted octanol–water partition coefficient (Wildman–Crippen LogP) is 3.17. The van der Waals surface area contributed by atoms with Gasteiger partial charge in [-0.25, -0.2) is 0 Å². The Kier molecular flexibility index (Phi) is 7.52. The molecule has 2 heterocycles. The highest BCUT2D eigenvalue weighted by atomic mass is 16.5. The molecule has 1 N–H and O–H groups in total. The summed E-state index contributed by atoms with van der Waals surface area (Å²) in [4.78, 5) is 41.6. The molecule has 4 rings (SSSR count). The third-order valence-electron chi connectivity index (χ3n) is 7.13. The largest absolute Gasteiger partial charge is 0.493 e. The molecular weight excluding hydrogens is 458 g/mol. The van der Waals surface area contributed by atoms with Gasteiger partial charge in [0.25, 0.3) is 0 Å². The zero-order chi connectivity index (χ0) is 25.9. The number of piperazine rings is 1. The summed E-state index contributed by atoms with van der Waals surface area (Å²) in [6, 6.07) is 11.8. The number of rotatable bonds is 8. The molecule has 2 saturated heterocycles. The van der Waals surface area contributed by atoms with E-state index in [-0.39, 0.29) is 30.7 Å². The molecule has 0 aliphatic carbocycles. The summed E-state index contributed by atoms with van der Waals surface area (Å²) in [5, 5.41) is 3.13. The lowest BCUT2D eigenvalue weighted by Crippen LogP contribution is -2.53. The van der Waals surface area contributed by atoms with Crippen molar-refractivity contribution >= 4 is 23.4 Å². The summed E-state index contributed by atoms with van der Waals surface area (Å²) in [5.74, 6) is 1.14. The first kappa shape index (κ1) is 25.5. The van der Waals surface area contributed by atoms with Gasteiger partial charge in [-0.2, -0.15) is 0 Å². The zero-order valence-corrected chi connectivity index (χ0v) is 21.6. The monoisotopic (exact) mass is 493 g/mol. The highest BCUT2D eigenvalue weighted by molar-refractivity contribution is 5.98. The summed E-state index contributed by atoms with van der Waals surface area (Å²) in [6.07, 6.45) is 2.47. The Bertz CT molecular complexity index is 1140. The van der Waals surface area contributed by atoms with Gasteiger partial charge in [-0.05, 0) is 74.1 Å². The molecule has 2 aliphatic rings. The maximum atomic E-state index is 13.1. The molecule has 0 radical (unpaired) electrons. The van der Waals surface area contributed by atoms with Crippen LogP contribution in [0.15, 0.2) is 36.4 Å². The molecule has 36 heavy (non-hydrogen) atoms. The minimum atomic E-state index is -0.503. The molecule has 192 valence electrons. The van der Waals surface area contributed by atoms with Crippen molar-refractivity contribution in [3.05, 3.63) is 53.1 Å². The smallest absolute Gasteiger partial charge is 0.246 e. The van der Waals surface area contributed by atoms with Gasteiger partial charge in [-0.15, -0.1) is 0 Å². The van der Waals surface area contributed by atoms with Crippen molar-refractivity contribution in [1.29, 1.82) is 0 Å². The van der Waals surface area contributed by atoms with Gasteiger partial charge in [0, 0.05) is 37.2 Å². The van der Waals surface area contributed by atoms with E-state index in [0.29, 0.717) is 50.3 Å². The number of nitrogens with one attached hydrogen (secondary N) is 1. The summed E-state index contributed by atoms with van der Waals surface area (Å²) in [5.41, 5.74) is 3.59. The fourth-order valence-electron chi connectivity index (χ4n) is 5.33. The van der Waals surface area contributed by atoms with Crippen molar-refractivity contribution in [2.75, 3.05) is 38.8 Å². The number of anilines is 1. The summed E-state index contributed by atoms with van der Waals surface area (Å²) in [6.45, 7) is 5.06. The van der Waals surface area contributed by atoms with Gasteiger partial charge >= 0.3 is 0 Å². The first-order valence-corrected chi connectivity index (χ1v) is 12.4. The van der Waals surface area contributed by atoms with E-state index < -0.39 is 5.54 Å². The molecule has 0 unspecified atom stereocenters. The van der Waals surface area contributed by atoms with Crippen LogP contribution < -0.4 is 19.7 Å². The van der Waals surface area contributed by atoms with E-state index >= 15 is 0 Å². The number of nitrogens with zero attached hydrogens (tertiary/aromatic N) is 2. The molecule has 8 heteroatoms. The topological polar surface area (TPSA) is 88.2 Å². The molecule has 2 aromatic carbocycles. The van der Waals surface area contributed by atoms with Gasteiger partial charge in [0.1, 0.15) is 6.54 Å². The average molecular weight is 494 g/mol. The fourth-order valence-corrected chi connectivity index (χ4v) is 5.33. The van der Waals surface area contributed by atoms with E-state index in [9.17, 15) is 14.4 Å². The normalized spacial score (nSPS) is 19.9. The number of aryl methyl sites for hydroxylation is 2. The molecule has 0 bridgehead atoms. The average Bonchev–Trinajstić information content (AvgIpc) is 3.21. The molecule has 2 aliphatic heterocycles. The third kappa shape index (κ3) is 5.64. The summed E-state index contributed by atoms with van der Waals surface area (Å²) < 4.78 is 10.8. The Balaban J connectivity index is 1.40. The van der Waals surface area contributed by atoms with Crippen LogP contribution in [0.2, 0.25) is 0 Å². The molecular formula is C28H35N3O5. The van der Waals surface area contributed by atoms with Gasteiger partial charge in [0.15, 0.2) is 11.5 Å². The second kappa shape index (κ2) is 10.6. The van der Waals surface area contributed by atoms with Crippen molar-refractivity contribution in [3.63, 3.8) is 0 Å². The van der Waals surface area contributed by atoms with Crippen LogP contribution in [0, 0.1) is 13.8 Å². The maximum absolute atomic E-state index is 13.1. The standard InChI is InChI=1S/C28H35N3O5/c1-19-13-20(2)15-22(14-19)31-12-11-30(18-27(31)34)26(33)8-10-28(9-7-25(32)29-28)17-21-5-6-23(35-3)24(16-21)36-4/h5-6,13-16H,7-12,17-18H2,1-4H3,(H,29,32)/t28-/m1/s1. The Morgan fingerprint density at radius 2 is 1.72 bits per heavy atom. The van der Waals surface area contributed by atoms with Crippen LogP contribution in [0.5, 0.6) is 11.5 Å². The SMILES string of the molecule is COc1ccc(C[C@]2(CCC(=O)N3CCN(c4cc(C)cc(C)c4)C(=O)C3)CCC(=O)N2)cc1OC. The molecule has 2 aromatic rings. The van der Waals surface area contributed by atoms with Crippen LogP contribution in [0.25, 0.3) is 0 Å². The van der Waals surface area contributed by atoms with Gasteiger partial charge in [0.2, 0.25) is 17.7 Å². The third-order valence-corrected chi connectivity index (χ3v) is 7.13. The Morgan fingerprint density at radius 3 is 2.33 bits per heavy atom. The van der Waals surface area contributed by atoms with Gasteiger partial charge in [-0.1, -0.05) is 12.1 Å². The van der Waals surface area contributed by atoms with Crippen LogP contribution in [0.1, 0.15) is 42.4 Å². The van der Waals surface area contributed by atoms with Crippen LogP contribution in [0.4, 0.5) is 5.69 Å². The van der Waals surface area contributed by atoms with Gasteiger partial charge < -0.3 is 24.6 Å². The quantitative estimate of drug-likeness (QED) is 0.610. The number of benzene rings is 2. The lowest BCUT2D eigenvalue weighted by molar-refractivity contribution is -0.137. The fraction of sp³-hybridized carbons (Fsp3) is 0.464. The van der Waals surface area contributed by atoms with Gasteiger partial charge in [-0.3, -0.25) is 14.4 Å². The lowest BCUT2D eigenvalue weighted by Gasteiger charge is -2.36. The van der Waals surface area contributed by atoms with Gasteiger partial charge in [0.05, 0.1) is 14.2 Å². The van der Waals surface area contributed by atoms with Crippen LogP contribution in [-0.2, 0) is 20.8 Å². The van der Waals surface area contributed by atoms with Crippen molar-refractivity contribution < 1.29 is 23.9 Å². The highest BCUT2D eigenvalue weighted by Crippen LogP contribution is 2.34. The van der Waals surface area contributed by atoms with Crippen LogP contribution in [-0.4, -0.2) is 62.0 Å². The van der Waals surface area contributed by atoms with Crippen LogP contribution >= 0.6 is 0 Å². The van der Waals surface area contributed by atoms with Crippen molar-refractivity contribution in [1.82, 2.24) is 10.2 Å². The van der Waals surface area contributed by atoms with E-state index in [1.165, 1.54) is 0 Å². The first-order chi connectivity index (χ1) is 17.2. The van der Waals surface area contributed by atoms with Crippen molar-refractivity contribution in [3.8, 4) is 11.5 Å². The molecule has 2 fully saturated rings. The maximum Gasteiger partial charge on any atom is 0.246 e. The molecule has 0 spiro atoms. The van der Waals surface area contributed by atoms with Crippen LogP contribution in [0.3, 0.4) is 0 Å². The van der Waals surface area contributed by atoms with E-state index in [4.69, 9.17) is 9.47 Å². The zero-order valence-electron chi connectivity index (χ0n) is 21.6. The number of hydrogen-bond donors (Lipinski definition) is 1. The molecule has 1 atom stereocenters. The number of carbonyl (C=O) groups is 3. The minimum Gasteiger partial charge on any atom is -0.493 e. The van der Waals surface area contributed by atoms with E-state index in [1.54, 1.807) is 24.0 Å². The Morgan fingerprint density at radius 1 is 1.00 bits per heavy atom. The van der Waals surface area contributed by atoms with E-state index in [2.05, 4.69) is 11.4 Å². The molecule has 0 saturated carbocycles. The lowest BCUT2D eigenvalue weighted by atomic mass is 9.84. The number of hydrogen-bond acceptors (Lipinski definition) is 5. The second-order valence-electron chi connectivity index (χ2n) is 9.90. The summed E-state index contributed by atoms with van der Waals surface area (Å²) in [7, 11) is 3.18.